The number of rotatable bonds is 7. The van der Waals surface area contributed by atoms with Crippen molar-refractivity contribution in [2.45, 2.75) is 19.4 Å². The average molecular weight is 430 g/mol. The maximum atomic E-state index is 13.0. The predicted molar refractivity (Wildman–Crippen MR) is 98.2 cm³/mol. The summed E-state index contributed by atoms with van der Waals surface area (Å²) in [5.41, 5.74) is -0.0945. The summed E-state index contributed by atoms with van der Waals surface area (Å²) < 4.78 is 45.6. The second-order valence-electron chi connectivity index (χ2n) is 5.78. The van der Waals surface area contributed by atoms with E-state index in [2.05, 4.69) is 5.10 Å². The van der Waals surface area contributed by atoms with Crippen molar-refractivity contribution >= 4 is 29.2 Å². The Hall–Kier alpha value is -2.57. The number of nitro groups is 1. The van der Waals surface area contributed by atoms with Crippen molar-refractivity contribution in [3.05, 3.63) is 62.3 Å². The van der Waals surface area contributed by atoms with Gasteiger partial charge in [0.1, 0.15) is 0 Å². The smallest absolute Gasteiger partial charge is 0.401 e. The van der Waals surface area contributed by atoms with E-state index in [1.807, 2.05) is 0 Å². The third kappa shape index (κ3) is 5.03. The van der Waals surface area contributed by atoms with Crippen molar-refractivity contribution in [1.29, 1.82) is 0 Å². The molecule has 148 valence electrons. The van der Waals surface area contributed by atoms with Crippen LogP contribution < -0.4 is 0 Å². The summed E-state index contributed by atoms with van der Waals surface area (Å²) in [4.78, 5) is 12.1. The number of aromatic nitrogens is 2. The molecule has 0 fully saturated rings. The third-order valence-electron chi connectivity index (χ3n) is 3.66. The van der Waals surface area contributed by atoms with Gasteiger partial charge in [0.25, 0.3) is 16.4 Å². The number of halogens is 3. The minimum atomic E-state index is -4.51. The Morgan fingerprint density at radius 1 is 1.29 bits per heavy atom. The molecule has 0 bridgehead atoms. The second-order valence-corrected chi connectivity index (χ2v) is 7.08. The van der Waals surface area contributed by atoms with Crippen LogP contribution in [-0.4, -0.2) is 32.3 Å². The molecule has 0 unspecified atom stereocenters. The molecule has 0 aliphatic rings. The minimum Gasteiger partial charge on any atom is -0.408 e. The Bertz CT molecular complexity index is 1010. The zero-order valence-corrected chi connectivity index (χ0v) is 15.8. The molecule has 2 aromatic heterocycles. The normalized spacial score (nSPS) is 11.9. The first kappa shape index (κ1) is 20.2. The van der Waals surface area contributed by atoms with E-state index >= 15 is 0 Å². The fourth-order valence-electron chi connectivity index (χ4n) is 2.56. The summed E-state index contributed by atoms with van der Waals surface area (Å²) in [5, 5.41) is 17.1. The summed E-state index contributed by atoms with van der Waals surface area (Å²) in [6.45, 7) is -1.93. The van der Waals surface area contributed by atoms with Crippen LogP contribution in [-0.2, 0) is 13.2 Å². The molecule has 0 aliphatic carbocycles. The van der Waals surface area contributed by atoms with E-state index in [1.54, 1.807) is 17.5 Å². The molecule has 12 heteroatoms. The van der Waals surface area contributed by atoms with Crippen LogP contribution in [0.25, 0.3) is 10.8 Å². The highest BCUT2D eigenvalue weighted by atomic mass is 32.1. The lowest BCUT2D eigenvalue weighted by molar-refractivity contribution is -0.385. The van der Waals surface area contributed by atoms with E-state index in [0.717, 1.165) is 9.58 Å². The molecule has 0 N–H and O–H groups in total. The molecule has 3 aromatic rings. The minimum absolute atomic E-state index is 0.0851. The zero-order valence-electron chi connectivity index (χ0n) is 14.1. The fourth-order valence-corrected chi connectivity index (χ4v) is 3.38. The van der Waals surface area contributed by atoms with Crippen LogP contribution in [0, 0.1) is 15.0 Å². The van der Waals surface area contributed by atoms with Crippen molar-refractivity contribution in [3.8, 4) is 10.8 Å². The van der Waals surface area contributed by atoms with Gasteiger partial charge in [-0.25, -0.2) is 4.68 Å². The Kier molecular flexibility index (Phi) is 5.91. The van der Waals surface area contributed by atoms with Gasteiger partial charge in [-0.3, -0.25) is 15.0 Å². The van der Waals surface area contributed by atoms with Gasteiger partial charge < -0.3 is 4.42 Å². The SMILES string of the molecule is O=[N+]([O-])c1ccccc1CN(Cn1nc(-c2cccs2)oc1=S)CC(F)(F)F. The van der Waals surface area contributed by atoms with Crippen molar-refractivity contribution in [1.82, 2.24) is 14.7 Å². The molecule has 0 saturated carbocycles. The Morgan fingerprint density at radius 2 is 2.04 bits per heavy atom. The maximum Gasteiger partial charge on any atom is 0.401 e. The number of thiophene rings is 1. The van der Waals surface area contributed by atoms with E-state index in [4.69, 9.17) is 16.6 Å². The number of nitro benzene ring substituents is 1. The maximum absolute atomic E-state index is 13.0. The quantitative estimate of drug-likeness (QED) is 0.303. The van der Waals surface area contributed by atoms with E-state index in [-0.39, 0.29) is 35.2 Å². The van der Waals surface area contributed by atoms with E-state index in [1.165, 1.54) is 35.6 Å². The zero-order chi connectivity index (χ0) is 20.3. The van der Waals surface area contributed by atoms with Crippen LogP contribution in [0.2, 0.25) is 0 Å². The summed E-state index contributed by atoms with van der Waals surface area (Å²) in [6.07, 6.45) is -4.51. The standard InChI is InChI=1S/C16H13F3N4O3S2/c17-16(18,19)9-21(8-11-4-1-2-5-12(11)23(24)25)10-22-15(27)26-14(20-22)13-6-3-7-28-13/h1-7H,8-10H2. The fraction of sp³-hybridized carbons (Fsp3) is 0.250. The van der Waals surface area contributed by atoms with Gasteiger partial charge in [0.05, 0.1) is 23.0 Å². The van der Waals surface area contributed by atoms with Crippen LogP contribution in [0.4, 0.5) is 18.9 Å². The van der Waals surface area contributed by atoms with Gasteiger partial charge in [0, 0.05) is 18.2 Å². The number of hydrogen-bond acceptors (Lipinski definition) is 7. The molecular formula is C16H13F3N4O3S2. The van der Waals surface area contributed by atoms with Gasteiger partial charge in [-0.2, -0.15) is 13.2 Å². The predicted octanol–water partition coefficient (Wildman–Crippen LogP) is 4.86. The van der Waals surface area contributed by atoms with Crippen LogP contribution in [0.15, 0.2) is 46.2 Å². The molecule has 0 atom stereocenters. The molecule has 0 aliphatic heterocycles. The van der Waals surface area contributed by atoms with Gasteiger partial charge >= 0.3 is 6.18 Å². The monoisotopic (exact) mass is 430 g/mol. The highest BCUT2D eigenvalue weighted by molar-refractivity contribution is 7.71. The Morgan fingerprint density at radius 3 is 2.68 bits per heavy atom. The molecule has 0 saturated heterocycles. The summed E-state index contributed by atoms with van der Waals surface area (Å²) in [6, 6.07) is 9.18. The van der Waals surface area contributed by atoms with Crippen LogP contribution in [0.1, 0.15) is 5.56 Å². The molecule has 0 spiro atoms. The molecule has 0 amide bonds. The van der Waals surface area contributed by atoms with Gasteiger partial charge in [0.2, 0.25) is 0 Å². The number of benzene rings is 1. The van der Waals surface area contributed by atoms with E-state index in [0.29, 0.717) is 4.88 Å². The van der Waals surface area contributed by atoms with Crippen LogP contribution in [0.3, 0.4) is 0 Å². The summed E-state index contributed by atoms with van der Waals surface area (Å²) in [7, 11) is 0. The molecule has 1 aromatic carbocycles. The van der Waals surface area contributed by atoms with Gasteiger partial charge in [-0.15, -0.1) is 16.4 Å². The highest BCUT2D eigenvalue weighted by Gasteiger charge is 2.32. The topological polar surface area (TPSA) is 77.3 Å². The lowest BCUT2D eigenvalue weighted by Crippen LogP contribution is -2.35. The Labute approximate surface area is 165 Å². The highest BCUT2D eigenvalue weighted by Crippen LogP contribution is 2.25. The first-order valence-corrected chi connectivity index (χ1v) is 9.15. The molecule has 28 heavy (non-hydrogen) atoms. The van der Waals surface area contributed by atoms with Crippen molar-refractivity contribution < 1.29 is 22.5 Å². The first-order chi connectivity index (χ1) is 13.2. The number of para-hydroxylation sites is 1. The van der Waals surface area contributed by atoms with Gasteiger partial charge in [-0.05, 0) is 23.7 Å². The lowest BCUT2D eigenvalue weighted by Gasteiger charge is -2.23. The molecule has 7 nitrogen and oxygen atoms in total. The number of nitrogens with zero attached hydrogens (tertiary/aromatic N) is 4. The first-order valence-electron chi connectivity index (χ1n) is 7.86. The van der Waals surface area contributed by atoms with E-state index < -0.39 is 17.6 Å². The van der Waals surface area contributed by atoms with Crippen molar-refractivity contribution in [2.24, 2.45) is 0 Å². The summed E-state index contributed by atoms with van der Waals surface area (Å²) in [5.74, 6) is 0.206. The van der Waals surface area contributed by atoms with Gasteiger partial charge in [-0.1, -0.05) is 24.3 Å². The molecule has 3 rings (SSSR count). The van der Waals surface area contributed by atoms with Crippen LogP contribution in [0.5, 0.6) is 0 Å². The average Bonchev–Trinajstić information content (AvgIpc) is 3.24. The second kappa shape index (κ2) is 8.20. The van der Waals surface area contributed by atoms with Gasteiger partial charge in [0.15, 0.2) is 0 Å². The third-order valence-corrected chi connectivity index (χ3v) is 4.81. The van der Waals surface area contributed by atoms with Crippen molar-refractivity contribution in [2.75, 3.05) is 6.54 Å². The molecule has 2 heterocycles. The lowest BCUT2D eigenvalue weighted by atomic mass is 10.1. The van der Waals surface area contributed by atoms with Crippen molar-refractivity contribution in [3.63, 3.8) is 0 Å². The largest absolute Gasteiger partial charge is 0.408 e. The Balaban J connectivity index is 1.88. The molecule has 0 radical (unpaired) electrons. The number of alkyl halides is 3. The van der Waals surface area contributed by atoms with E-state index in [9.17, 15) is 23.3 Å². The number of hydrogen-bond donors (Lipinski definition) is 0. The summed E-state index contributed by atoms with van der Waals surface area (Å²) >= 11 is 6.41. The molecular weight excluding hydrogens is 417 g/mol. The van der Waals surface area contributed by atoms with Crippen LogP contribution >= 0.6 is 23.6 Å².